The first kappa shape index (κ1) is 26.2. The molecule has 2 aliphatic heterocycles. The molecule has 0 radical (unpaired) electrons. The van der Waals surface area contributed by atoms with Gasteiger partial charge in [-0.3, -0.25) is 0 Å². The molecule has 7 aromatic carbocycles. The van der Waals surface area contributed by atoms with Gasteiger partial charge in [0.25, 0.3) is 6.71 Å². The van der Waals surface area contributed by atoms with Crippen LogP contribution < -0.4 is 25.9 Å². The van der Waals surface area contributed by atoms with Gasteiger partial charge in [0.15, 0.2) is 0 Å². The lowest BCUT2D eigenvalue weighted by molar-refractivity contribution is 0.464. The molecule has 0 unspecified atom stereocenters. The van der Waals surface area contributed by atoms with E-state index in [1.807, 2.05) is 24.3 Å². The minimum absolute atomic E-state index is 0.0305. The number of fused-ring (bicyclic) bond motifs is 6. The SMILES string of the molecule is CC(C)(C)c1ccc(-c2c3ccccc3c(-c3ccc4c(c3)B3c5ccccc5Oc5cccc(c53)O4)c3ccccc23)cc1. The zero-order valence-corrected chi connectivity index (χ0v) is 25.6. The van der Waals surface area contributed by atoms with Crippen LogP contribution in [0.2, 0.25) is 0 Å². The third kappa shape index (κ3) is 3.97. The average Bonchev–Trinajstić information content (AvgIpc) is 3.06. The molecule has 0 fully saturated rings. The van der Waals surface area contributed by atoms with E-state index in [9.17, 15) is 0 Å². The first-order valence-corrected chi connectivity index (χ1v) is 15.7. The van der Waals surface area contributed by atoms with Gasteiger partial charge in [-0.15, -0.1) is 0 Å². The highest BCUT2D eigenvalue weighted by atomic mass is 16.5. The number of rotatable bonds is 2. The molecule has 3 heteroatoms. The average molecular weight is 579 g/mol. The van der Waals surface area contributed by atoms with Gasteiger partial charge in [0.1, 0.15) is 23.0 Å². The quantitative estimate of drug-likeness (QED) is 0.150. The van der Waals surface area contributed by atoms with Gasteiger partial charge in [0.05, 0.1) is 0 Å². The Morgan fingerprint density at radius 2 is 0.933 bits per heavy atom. The van der Waals surface area contributed by atoms with E-state index in [1.165, 1.54) is 60.3 Å². The van der Waals surface area contributed by atoms with Crippen molar-refractivity contribution in [2.24, 2.45) is 0 Å². The lowest BCUT2D eigenvalue weighted by Crippen LogP contribution is -2.57. The maximum Gasteiger partial charge on any atom is 0.260 e. The van der Waals surface area contributed by atoms with Gasteiger partial charge in [-0.25, -0.2) is 0 Å². The van der Waals surface area contributed by atoms with E-state index >= 15 is 0 Å². The van der Waals surface area contributed by atoms with Crippen molar-refractivity contribution >= 4 is 44.6 Å². The van der Waals surface area contributed by atoms with Crippen LogP contribution in [0.3, 0.4) is 0 Å². The van der Waals surface area contributed by atoms with E-state index in [0.717, 1.165) is 28.5 Å². The van der Waals surface area contributed by atoms with E-state index in [2.05, 4.69) is 130 Å². The fourth-order valence-corrected chi connectivity index (χ4v) is 7.42. The minimum Gasteiger partial charge on any atom is -0.458 e. The summed E-state index contributed by atoms with van der Waals surface area (Å²) in [6.07, 6.45) is 0. The van der Waals surface area contributed by atoms with Gasteiger partial charge < -0.3 is 9.47 Å². The lowest BCUT2D eigenvalue weighted by Gasteiger charge is -2.33. The topological polar surface area (TPSA) is 18.5 Å². The molecule has 45 heavy (non-hydrogen) atoms. The Kier molecular flexibility index (Phi) is 5.59. The normalized spacial score (nSPS) is 13.1. The Morgan fingerprint density at radius 1 is 0.444 bits per heavy atom. The van der Waals surface area contributed by atoms with Crippen molar-refractivity contribution in [1.82, 2.24) is 0 Å². The Bertz CT molecular complexity index is 2240. The Morgan fingerprint density at radius 3 is 1.53 bits per heavy atom. The standard InChI is InChI=1S/C42H31BO2/c1-42(2,3)28-22-19-26(20-23-28)39-29-11-4-6-13-31(29)40(32-14-7-5-12-30(32)39)27-21-24-36-34(25-27)43-33-15-8-9-16-35(33)44-37-17-10-18-38(45-36)41(37)43/h4-25H,1-3H3. The van der Waals surface area contributed by atoms with Gasteiger partial charge in [-0.2, -0.15) is 0 Å². The monoisotopic (exact) mass is 578 g/mol. The smallest absolute Gasteiger partial charge is 0.260 e. The zero-order valence-electron chi connectivity index (χ0n) is 25.6. The summed E-state index contributed by atoms with van der Waals surface area (Å²) in [7, 11) is 0. The van der Waals surface area contributed by atoms with E-state index < -0.39 is 0 Å². The second-order valence-electron chi connectivity index (χ2n) is 13.3. The maximum atomic E-state index is 6.54. The summed E-state index contributed by atoms with van der Waals surface area (Å²) in [6, 6.07) is 48.1. The second-order valence-corrected chi connectivity index (χ2v) is 13.3. The summed E-state index contributed by atoms with van der Waals surface area (Å²) in [4.78, 5) is 0. The van der Waals surface area contributed by atoms with Crippen molar-refractivity contribution in [2.75, 3.05) is 0 Å². The first-order chi connectivity index (χ1) is 22.0. The highest BCUT2D eigenvalue weighted by molar-refractivity contribution is 6.98. The minimum atomic E-state index is 0.0305. The fraction of sp³-hybridized carbons (Fsp3) is 0.0952. The lowest BCUT2D eigenvalue weighted by atomic mass is 9.35. The van der Waals surface area contributed by atoms with Crippen molar-refractivity contribution < 1.29 is 9.47 Å². The number of ether oxygens (including phenoxy) is 2. The summed E-state index contributed by atoms with van der Waals surface area (Å²) in [5.74, 6) is 3.53. The van der Waals surface area contributed by atoms with Crippen molar-refractivity contribution in [3.8, 4) is 45.3 Å². The summed E-state index contributed by atoms with van der Waals surface area (Å²) in [5.41, 5.74) is 9.84. The van der Waals surface area contributed by atoms with Crippen LogP contribution in [0.4, 0.5) is 0 Å². The van der Waals surface area contributed by atoms with Gasteiger partial charge in [-0.05, 0) is 90.0 Å². The molecule has 0 N–H and O–H groups in total. The molecular weight excluding hydrogens is 547 g/mol. The van der Waals surface area contributed by atoms with Crippen LogP contribution >= 0.6 is 0 Å². The van der Waals surface area contributed by atoms with Crippen LogP contribution in [0.25, 0.3) is 43.8 Å². The molecule has 0 atom stereocenters. The van der Waals surface area contributed by atoms with E-state index in [0.29, 0.717) is 0 Å². The summed E-state index contributed by atoms with van der Waals surface area (Å²) in [6.45, 7) is 6.83. The largest absolute Gasteiger partial charge is 0.458 e. The predicted octanol–water partition coefficient (Wildman–Crippen LogP) is 9.35. The summed E-state index contributed by atoms with van der Waals surface area (Å²) < 4.78 is 12.9. The number of benzene rings is 7. The molecule has 0 amide bonds. The molecule has 0 saturated heterocycles. The number of hydrogen-bond donors (Lipinski definition) is 0. The highest BCUT2D eigenvalue weighted by Gasteiger charge is 2.40. The van der Waals surface area contributed by atoms with Gasteiger partial charge >= 0.3 is 0 Å². The van der Waals surface area contributed by atoms with Crippen molar-refractivity contribution in [1.29, 1.82) is 0 Å². The van der Waals surface area contributed by atoms with E-state index in [4.69, 9.17) is 9.47 Å². The summed E-state index contributed by atoms with van der Waals surface area (Å²) >= 11 is 0. The van der Waals surface area contributed by atoms with Crippen LogP contribution in [0, 0.1) is 0 Å². The predicted molar refractivity (Wildman–Crippen MR) is 189 cm³/mol. The molecule has 2 aliphatic rings. The molecule has 2 nitrogen and oxygen atoms in total. The van der Waals surface area contributed by atoms with Gasteiger partial charge in [-0.1, -0.05) is 130 Å². The molecule has 0 aromatic heterocycles. The fourth-order valence-electron chi connectivity index (χ4n) is 7.42. The Hall–Kier alpha value is -5.28. The van der Waals surface area contributed by atoms with E-state index in [-0.39, 0.29) is 12.1 Å². The van der Waals surface area contributed by atoms with Gasteiger partial charge in [0, 0.05) is 5.46 Å². The van der Waals surface area contributed by atoms with Crippen LogP contribution in [0.1, 0.15) is 26.3 Å². The molecule has 0 spiro atoms. The van der Waals surface area contributed by atoms with Crippen LogP contribution in [-0.4, -0.2) is 6.71 Å². The van der Waals surface area contributed by atoms with Crippen molar-refractivity contribution in [3.63, 3.8) is 0 Å². The number of hydrogen-bond acceptors (Lipinski definition) is 2. The molecule has 0 saturated carbocycles. The molecule has 0 aliphatic carbocycles. The summed E-state index contributed by atoms with van der Waals surface area (Å²) in [5, 5.41) is 5.01. The third-order valence-electron chi connectivity index (χ3n) is 9.57. The molecule has 0 bridgehead atoms. The molecule has 214 valence electrons. The molecule has 2 heterocycles. The van der Waals surface area contributed by atoms with Gasteiger partial charge in [0.2, 0.25) is 0 Å². The van der Waals surface area contributed by atoms with Crippen LogP contribution in [0.5, 0.6) is 23.0 Å². The highest BCUT2D eigenvalue weighted by Crippen LogP contribution is 2.44. The zero-order chi connectivity index (χ0) is 30.3. The molecule has 7 aromatic rings. The second kappa shape index (κ2) is 9.61. The van der Waals surface area contributed by atoms with Crippen molar-refractivity contribution in [2.45, 2.75) is 26.2 Å². The van der Waals surface area contributed by atoms with Crippen LogP contribution in [0.15, 0.2) is 133 Å². The van der Waals surface area contributed by atoms with E-state index in [1.54, 1.807) is 0 Å². The number of para-hydroxylation sites is 1. The van der Waals surface area contributed by atoms with Crippen molar-refractivity contribution in [3.05, 3.63) is 139 Å². The third-order valence-corrected chi connectivity index (χ3v) is 9.57. The molecule has 9 rings (SSSR count). The Labute approximate surface area is 264 Å². The van der Waals surface area contributed by atoms with Crippen LogP contribution in [-0.2, 0) is 5.41 Å². The first-order valence-electron chi connectivity index (χ1n) is 15.7. The maximum absolute atomic E-state index is 6.54. The Balaban J connectivity index is 1.29. The molecular formula is C42H31BO2.